The molecule has 0 aliphatic heterocycles. The lowest BCUT2D eigenvalue weighted by Gasteiger charge is -2.12. The molecule has 5 rings (SSSR count). The maximum Gasteiger partial charge on any atom is 0.0281 e. The summed E-state index contributed by atoms with van der Waals surface area (Å²) in [5.41, 5.74) is 14.7. The second kappa shape index (κ2) is 12.4. The van der Waals surface area contributed by atoms with Crippen LogP contribution in [0, 0.1) is 51.4 Å². The average molecular weight is 515 g/mol. The summed E-state index contributed by atoms with van der Waals surface area (Å²) in [6.07, 6.45) is 1.85. The van der Waals surface area contributed by atoms with Gasteiger partial charge < -0.3 is 0 Å². The molecule has 0 saturated heterocycles. The van der Waals surface area contributed by atoms with Gasteiger partial charge in [-0.25, -0.2) is 0 Å². The smallest absolute Gasteiger partial charge is 0.0281 e. The predicted molar refractivity (Wildman–Crippen MR) is 169 cm³/mol. The minimum Gasteiger partial charge on any atom is -0.0622 e. The summed E-state index contributed by atoms with van der Waals surface area (Å²) in [6.45, 7) is 8.69. The molecular formula is C40H34. The first-order valence-corrected chi connectivity index (χ1v) is 13.9. The van der Waals surface area contributed by atoms with Crippen LogP contribution in [0.1, 0.15) is 66.8 Å². The van der Waals surface area contributed by atoms with Crippen LogP contribution < -0.4 is 0 Å². The summed E-state index contributed by atoms with van der Waals surface area (Å²) in [7, 11) is 0. The van der Waals surface area contributed by atoms with Gasteiger partial charge in [0.05, 0.1) is 0 Å². The van der Waals surface area contributed by atoms with Crippen LogP contribution in [-0.2, 0) is 12.8 Å². The Bertz CT molecular complexity index is 1610. The Morgan fingerprint density at radius 2 is 0.775 bits per heavy atom. The van der Waals surface area contributed by atoms with Crippen molar-refractivity contribution in [3.8, 4) is 23.7 Å². The highest BCUT2D eigenvalue weighted by atomic mass is 14.1. The largest absolute Gasteiger partial charge is 0.0622 e. The van der Waals surface area contributed by atoms with Crippen molar-refractivity contribution in [1.82, 2.24) is 0 Å². The van der Waals surface area contributed by atoms with E-state index < -0.39 is 0 Å². The molecule has 0 unspecified atom stereocenters. The third-order valence-electron chi connectivity index (χ3n) is 7.41. The fourth-order valence-corrected chi connectivity index (χ4v) is 4.94. The minimum atomic E-state index is 0.923. The first-order valence-electron chi connectivity index (χ1n) is 13.9. The second-order valence-corrected chi connectivity index (χ2v) is 10.6. The lowest BCUT2D eigenvalue weighted by molar-refractivity contribution is 1.11. The van der Waals surface area contributed by atoms with Gasteiger partial charge in [-0.15, -0.1) is 0 Å². The van der Waals surface area contributed by atoms with Crippen molar-refractivity contribution in [3.05, 3.63) is 176 Å². The van der Waals surface area contributed by atoms with Gasteiger partial charge in [0.2, 0.25) is 0 Å². The topological polar surface area (TPSA) is 0 Å². The standard InChI is InChI=1S/C40H34/c1-29-25-39(31(3)23-37(29)21-19-33-11-7-5-8-12-33)27-35-15-17-36(18-16-35)28-40-26-30(2)38(24-32(40)4)22-20-34-13-9-6-10-14-34/h5-18,23-26H,27-28H2,1-4H3. The van der Waals surface area contributed by atoms with Crippen LogP contribution in [0.4, 0.5) is 0 Å². The van der Waals surface area contributed by atoms with E-state index in [1.165, 1.54) is 44.5 Å². The molecule has 0 heterocycles. The van der Waals surface area contributed by atoms with Gasteiger partial charge in [0.1, 0.15) is 0 Å². The summed E-state index contributed by atoms with van der Waals surface area (Å²) in [4.78, 5) is 0. The lowest BCUT2D eigenvalue weighted by Crippen LogP contribution is -1.98. The van der Waals surface area contributed by atoms with Crippen molar-refractivity contribution < 1.29 is 0 Å². The quantitative estimate of drug-likeness (QED) is 0.210. The van der Waals surface area contributed by atoms with Crippen molar-refractivity contribution >= 4 is 0 Å². The Kier molecular flexibility index (Phi) is 8.30. The SMILES string of the molecule is Cc1cc(Cc2ccc(Cc3cc(C)c(C#Cc4ccccc4)cc3C)cc2)c(C)cc1C#Cc1ccccc1. The van der Waals surface area contributed by atoms with E-state index in [1.807, 2.05) is 60.7 Å². The highest BCUT2D eigenvalue weighted by Gasteiger charge is 2.07. The molecule has 40 heavy (non-hydrogen) atoms. The summed E-state index contributed by atoms with van der Waals surface area (Å²) >= 11 is 0. The fourth-order valence-electron chi connectivity index (χ4n) is 4.94. The Labute approximate surface area is 239 Å². The minimum absolute atomic E-state index is 0.923. The van der Waals surface area contributed by atoms with Gasteiger partial charge in [0.25, 0.3) is 0 Å². The molecule has 0 aromatic heterocycles. The number of hydrogen-bond donors (Lipinski definition) is 0. The molecule has 0 aliphatic rings. The normalized spacial score (nSPS) is 10.3. The van der Waals surface area contributed by atoms with E-state index in [0.717, 1.165) is 35.1 Å². The predicted octanol–water partition coefficient (Wildman–Crippen LogP) is 8.90. The zero-order chi connectivity index (χ0) is 27.9. The first kappa shape index (κ1) is 26.8. The van der Waals surface area contributed by atoms with Crippen LogP contribution >= 0.6 is 0 Å². The molecule has 0 nitrogen and oxygen atoms in total. The summed E-state index contributed by atoms with van der Waals surface area (Å²) in [6, 6.07) is 38.5. The van der Waals surface area contributed by atoms with Gasteiger partial charge in [0, 0.05) is 22.3 Å². The van der Waals surface area contributed by atoms with Gasteiger partial charge in [0.15, 0.2) is 0 Å². The Balaban J connectivity index is 1.27. The Hall–Kier alpha value is -4.78. The van der Waals surface area contributed by atoms with E-state index in [4.69, 9.17) is 0 Å². The summed E-state index contributed by atoms with van der Waals surface area (Å²) < 4.78 is 0. The molecule has 0 spiro atoms. The molecule has 194 valence electrons. The number of aryl methyl sites for hydroxylation is 4. The third-order valence-corrected chi connectivity index (χ3v) is 7.41. The summed E-state index contributed by atoms with van der Waals surface area (Å²) in [5.74, 6) is 13.3. The monoisotopic (exact) mass is 514 g/mol. The van der Waals surface area contributed by atoms with Crippen LogP contribution in [0.2, 0.25) is 0 Å². The average Bonchev–Trinajstić information content (AvgIpc) is 2.97. The summed E-state index contributed by atoms with van der Waals surface area (Å²) in [5, 5.41) is 0. The van der Waals surface area contributed by atoms with Crippen LogP contribution in [0.15, 0.2) is 109 Å². The molecule has 5 aromatic carbocycles. The number of benzene rings is 5. The Morgan fingerprint density at radius 3 is 1.15 bits per heavy atom. The molecule has 5 aromatic rings. The van der Waals surface area contributed by atoms with E-state index in [-0.39, 0.29) is 0 Å². The second-order valence-electron chi connectivity index (χ2n) is 10.6. The molecule has 0 saturated carbocycles. The van der Waals surface area contributed by atoms with E-state index in [1.54, 1.807) is 0 Å². The molecular weight excluding hydrogens is 480 g/mol. The van der Waals surface area contributed by atoms with Crippen molar-refractivity contribution in [3.63, 3.8) is 0 Å². The molecule has 0 fully saturated rings. The molecule has 0 bridgehead atoms. The molecule has 0 heteroatoms. The van der Waals surface area contributed by atoms with E-state index in [0.29, 0.717) is 0 Å². The van der Waals surface area contributed by atoms with Gasteiger partial charge in [-0.1, -0.05) is 96.5 Å². The highest BCUT2D eigenvalue weighted by Crippen LogP contribution is 2.22. The third kappa shape index (κ3) is 6.80. The van der Waals surface area contributed by atoms with Crippen LogP contribution in [0.25, 0.3) is 0 Å². The van der Waals surface area contributed by atoms with Gasteiger partial charge in [-0.3, -0.25) is 0 Å². The van der Waals surface area contributed by atoms with Crippen LogP contribution in [0.5, 0.6) is 0 Å². The number of hydrogen-bond acceptors (Lipinski definition) is 0. The zero-order valence-electron chi connectivity index (χ0n) is 23.8. The van der Waals surface area contributed by atoms with E-state index >= 15 is 0 Å². The van der Waals surface area contributed by atoms with E-state index in [9.17, 15) is 0 Å². The van der Waals surface area contributed by atoms with Crippen LogP contribution in [-0.4, -0.2) is 0 Å². The molecule has 0 atom stereocenters. The molecule has 0 aliphatic carbocycles. The van der Waals surface area contributed by atoms with Gasteiger partial charge in [-0.2, -0.15) is 0 Å². The van der Waals surface area contributed by atoms with Crippen molar-refractivity contribution in [1.29, 1.82) is 0 Å². The van der Waals surface area contributed by atoms with Crippen molar-refractivity contribution in [2.24, 2.45) is 0 Å². The van der Waals surface area contributed by atoms with Gasteiger partial charge in [-0.05, 0) is 121 Å². The van der Waals surface area contributed by atoms with E-state index in [2.05, 4.69) is 99.9 Å². The maximum absolute atomic E-state index is 3.36. The fraction of sp³-hybridized carbons (Fsp3) is 0.150. The molecule has 0 radical (unpaired) electrons. The molecule has 0 amide bonds. The van der Waals surface area contributed by atoms with Gasteiger partial charge >= 0.3 is 0 Å². The number of rotatable bonds is 4. The maximum atomic E-state index is 3.36. The van der Waals surface area contributed by atoms with Crippen molar-refractivity contribution in [2.45, 2.75) is 40.5 Å². The lowest BCUT2D eigenvalue weighted by atomic mass is 9.93. The van der Waals surface area contributed by atoms with Crippen LogP contribution in [0.3, 0.4) is 0 Å². The molecule has 0 N–H and O–H groups in total. The Morgan fingerprint density at radius 1 is 0.400 bits per heavy atom. The highest BCUT2D eigenvalue weighted by molar-refractivity contribution is 5.52. The first-order chi connectivity index (χ1) is 19.4. The zero-order valence-corrected chi connectivity index (χ0v) is 23.8. The van der Waals surface area contributed by atoms with Crippen molar-refractivity contribution in [2.75, 3.05) is 0 Å².